The molecule has 0 heterocycles. The number of nitriles is 1. The van der Waals surface area contributed by atoms with Crippen LogP contribution in [0.15, 0.2) is 67.7 Å². The summed E-state index contributed by atoms with van der Waals surface area (Å²) in [5.74, 6) is 0. The minimum Gasteiger partial charge on any atom is -0.197 e. The Kier molecular flexibility index (Phi) is 3.94. The summed E-state index contributed by atoms with van der Waals surface area (Å²) in [6.07, 6.45) is 15.9. The van der Waals surface area contributed by atoms with E-state index in [1.54, 1.807) is 0 Å². The van der Waals surface area contributed by atoms with Gasteiger partial charge in [-0.3, -0.25) is 0 Å². The zero-order valence-corrected chi connectivity index (χ0v) is 15.0. The minimum absolute atomic E-state index is 0.578. The zero-order valence-electron chi connectivity index (χ0n) is 11.8. The second-order valence-electron chi connectivity index (χ2n) is 5.72. The van der Waals surface area contributed by atoms with Crippen LogP contribution in [0.5, 0.6) is 0 Å². The molecule has 1 nitrogen and oxygen atoms in total. The Hall–Kier alpha value is -1.11. The molecule has 0 aromatic carbocycles. The molecule has 0 aliphatic heterocycles. The first-order valence-electron chi connectivity index (χ1n) is 7.01. The average Bonchev–Trinajstić information content (AvgIpc) is 2.74. The van der Waals surface area contributed by atoms with E-state index in [1.807, 2.05) is 13.0 Å². The van der Waals surface area contributed by atoms with E-state index in [2.05, 4.69) is 68.3 Å². The predicted octanol–water partition coefficient (Wildman–Crippen LogP) is 5.99. The summed E-state index contributed by atoms with van der Waals surface area (Å²) < 4.78 is 2.08. The van der Waals surface area contributed by atoms with E-state index in [1.165, 1.54) is 22.3 Å². The van der Waals surface area contributed by atoms with Crippen molar-refractivity contribution in [1.82, 2.24) is 0 Å². The molecule has 21 heavy (non-hydrogen) atoms. The van der Waals surface area contributed by atoms with Crippen molar-refractivity contribution < 1.29 is 0 Å². The van der Waals surface area contributed by atoms with Crippen molar-refractivity contribution in [2.75, 3.05) is 0 Å². The van der Waals surface area contributed by atoms with Crippen molar-refractivity contribution in [1.29, 1.82) is 5.26 Å². The number of rotatable bonds is 0. The van der Waals surface area contributed by atoms with Gasteiger partial charge in [0.15, 0.2) is 0 Å². The Morgan fingerprint density at radius 3 is 2.71 bits per heavy atom. The molecule has 0 bridgehead atoms. The molecule has 1 unspecified atom stereocenters. The zero-order chi connectivity index (χ0) is 15.0. The highest BCUT2D eigenvalue weighted by molar-refractivity contribution is 9.12. The Morgan fingerprint density at radius 2 is 1.95 bits per heavy atom. The van der Waals surface area contributed by atoms with Crippen LogP contribution in [0.2, 0.25) is 0 Å². The SMILES string of the molecule is CC1(C#N)C=CC2=C(C=C1Br)CCC1=C2C=CC(Br)=CC1. The van der Waals surface area contributed by atoms with Crippen LogP contribution in [-0.4, -0.2) is 0 Å². The first-order chi connectivity index (χ1) is 10.0. The number of hydrogen-bond donors (Lipinski definition) is 0. The molecule has 0 saturated carbocycles. The van der Waals surface area contributed by atoms with Gasteiger partial charge in [-0.2, -0.15) is 5.26 Å². The minimum atomic E-state index is -0.578. The van der Waals surface area contributed by atoms with Gasteiger partial charge in [-0.05, 0) is 55.1 Å². The molecule has 0 saturated heterocycles. The molecule has 0 aromatic rings. The monoisotopic (exact) mass is 403 g/mol. The topological polar surface area (TPSA) is 23.8 Å². The lowest BCUT2D eigenvalue weighted by atomic mass is 9.84. The fourth-order valence-electron chi connectivity index (χ4n) is 2.86. The highest BCUT2D eigenvalue weighted by Crippen LogP contribution is 2.43. The Labute approximate surface area is 142 Å². The van der Waals surface area contributed by atoms with Crippen LogP contribution in [0.1, 0.15) is 26.2 Å². The van der Waals surface area contributed by atoms with Crippen LogP contribution in [0.4, 0.5) is 0 Å². The summed E-state index contributed by atoms with van der Waals surface area (Å²) in [6, 6.07) is 2.39. The summed E-state index contributed by atoms with van der Waals surface area (Å²) in [5.41, 5.74) is 4.80. The maximum absolute atomic E-state index is 9.46. The number of nitrogens with zero attached hydrogens (tertiary/aromatic N) is 1. The molecule has 3 rings (SSSR count). The molecule has 0 spiro atoms. The van der Waals surface area contributed by atoms with Gasteiger partial charge < -0.3 is 0 Å². The lowest BCUT2D eigenvalue weighted by Crippen LogP contribution is -2.09. The Balaban J connectivity index is 2.12. The van der Waals surface area contributed by atoms with Gasteiger partial charge >= 0.3 is 0 Å². The fourth-order valence-corrected chi connectivity index (χ4v) is 3.65. The highest BCUT2D eigenvalue weighted by atomic mass is 79.9. The third-order valence-corrected chi connectivity index (χ3v) is 5.92. The van der Waals surface area contributed by atoms with Crippen LogP contribution in [0, 0.1) is 16.7 Å². The molecule has 0 radical (unpaired) electrons. The van der Waals surface area contributed by atoms with Gasteiger partial charge in [0, 0.05) is 8.96 Å². The van der Waals surface area contributed by atoms with Crippen molar-refractivity contribution in [3.05, 3.63) is 67.7 Å². The fraction of sp³-hybridized carbons (Fsp3) is 0.278. The van der Waals surface area contributed by atoms with Crippen molar-refractivity contribution in [2.45, 2.75) is 26.2 Å². The largest absolute Gasteiger partial charge is 0.197 e. The average molecular weight is 405 g/mol. The van der Waals surface area contributed by atoms with Crippen molar-refractivity contribution in [3.8, 4) is 6.07 Å². The van der Waals surface area contributed by atoms with E-state index in [-0.39, 0.29) is 0 Å². The summed E-state index contributed by atoms with van der Waals surface area (Å²) in [7, 11) is 0. The van der Waals surface area contributed by atoms with E-state index in [0.29, 0.717) is 0 Å². The van der Waals surface area contributed by atoms with Crippen LogP contribution in [-0.2, 0) is 0 Å². The van der Waals surface area contributed by atoms with E-state index in [0.717, 1.165) is 28.2 Å². The Bertz CT molecular complexity index is 723. The molecule has 1 atom stereocenters. The van der Waals surface area contributed by atoms with Crippen LogP contribution < -0.4 is 0 Å². The molecule has 0 aromatic heterocycles. The standard InChI is InChI=1S/C18H15Br2N/c1-18(11-21)9-8-16-13(10-17(18)20)3-2-12-4-5-14(19)6-7-15(12)16/h5-10H,2-4H2,1H3. The second kappa shape index (κ2) is 5.59. The number of hydrogen-bond acceptors (Lipinski definition) is 1. The molecule has 3 aliphatic carbocycles. The lowest BCUT2D eigenvalue weighted by Gasteiger charge is -2.20. The molecular weight excluding hydrogens is 390 g/mol. The van der Waals surface area contributed by atoms with Crippen molar-refractivity contribution >= 4 is 31.9 Å². The van der Waals surface area contributed by atoms with Crippen molar-refractivity contribution in [3.63, 3.8) is 0 Å². The van der Waals surface area contributed by atoms with E-state index in [9.17, 15) is 5.26 Å². The number of fused-ring (bicyclic) bond motifs is 1. The van der Waals surface area contributed by atoms with Crippen LogP contribution >= 0.6 is 31.9 Å². The third kappa shape index (κ3) is 2.67. The summed E-state index contributed by atoms with van der Waals surface area (Å²) in [5, 5.41) is 9.46. The number of allylic oxidation sites excluding steroid dienone is 12. The van der Waals surface area contributed by atoms with E-state index >= 15 is 0 Å². The predicted molar refractivity (Wildman–Crippen MR) is 93.9 cm³/mol. The Morgan fingerprint density at radius 1 is 1.14 bits per heavy atom. The second-order valence-corrected chi connectivity index (χ2v) is 7.49. The molecule has 0 amide bonds. The van der Waals surface area contributed by atoms with E-state index < -0.39 is 5.41 Å². The van der Waals surface area contributed by atoms with Gasteiger partial charge in [-0.25, -0.2) is 0 Å². The quantitative estimate of drug-likeness (QED) is 0.486. The molecule has 0 N–H and O–H groups in total. The maximum Gasteiger partial charge on any atom is 0.104 e. The smallest absolute Gasteiger partial charge is 0.104 e. The molecule has 0 fully saturated rings. The van der Waals surface area contributed by atoms with Crippen molar-refractivity contribution in [2.24, 2.45) is 5.41 Å². The maximum atomic E-state index is 9.46. The summed E-state index contributed by atoms with van der Waals surface area (Å²) in [6.45, 7) is 1.94. The third-order valence-electron chi connectivity index (χ3n) is 4.28. The first kappa shape index (κ1) is 14.8. The van der Waals surface area contributed by atoms with Gasteiger partial charge in [-0.1, -0.05) is 61.7 Å². The summed E-state index contributed by atoms with van der Waals surface area (Å²) in [4.78, 5) is 0. The number of halogens is 2. The van der Waals surface area contributed by atoms with Gasteiger partial charge in [0.25, 0.3) is 0 Å². The normalized spacial score (nSPS) is 28.1. The van der Waals surface area contributed by atoms with Gasteiger partial charge in [0.2, 0.25) is 0 Å². The molecule has 106 valence electrons. The highest BCUT2D eigenvalue weighted by Gasteiger charge is 2.29. The summed E-state index contributed by atoms with van der Waals surface area (Å²) >= 11 is 7.16. The van der Waals surface area contributed by atoms with E-state index in [4.69, 9.17) is 0 Å². The lowest BCUT2D eigenvalue weighted by molar-refractivity contribution is 0.725. The van der Waals surface area contributed by atoms with Gasteiger partial charge in [0.05, 0.1) is 6.07 Å². The van der Waals surface area contributed by atoms with Crippen LogP contribution in [0.25, 0.3) is 0 Å². The van der Waals surface area contributed by atoms with Crippen LogP contribution in [0.3, 0.4) is 0 Å². The molecule has 3 heteroatoms. The molecular formula is C18H15Br2N. The van der Waals surface area contributed by atoms with Gasteiger partial charge in [-0.15, -0.1) is 0 Å². The van der Waals surface area contributed by atoms with Gasteiger partial charge in [0.1, 0.15) is 5.41 Å². The first-order valence-corrected chi connectivity index (χ1v) is 8.59. The molecule has 3 aliphatic rings.